The Bertz CT molecular complexity index is 3030. The van der Waals surface area contributed by atoms with Crippen molar-refractivity contribution in [3.8, 4) is 0 Å². The molecule has 4 aromatic carbocycles. The van der Waals surface area contributed by atoms with Gasteiger partial charge >= 0.3 is 0 Å². The molecule has 0 saturated heterocycles. The monoisotopic (exact) mass is 1120 g/mol. The van der Waals surface area contributed by atoms with Crippen LogP contribution in [0.2, 0.25) is 0 Å². The van der Waals surface area contributed by atoms with Crippen molar-refractivity contribution in [1.82, 2.24) is 0 Å². The van der Waals surface area contributed by atoms with Gasteiger partial charge in [0, 0.05) is 0 Å². The fraction of sp³-hybridized carbons (Fsp3) is 0.154. The third-order valence-electron chi connectivity index (χ3n) is 9.99. The molecule has 0 aliphatic heterocycles. The van der Waals surface area contributed by atoms with Crippen molar-refractivity contribution < 1.29 is 52.8 Å². The summed E-state index contributed by atoms with van der Waals surface area (Å²) in [5.74, 6) is -3.33. The Hall–Kier alpha value is -5.84. The first kappa shape index (κ1) is 57.1. The van der Waals surface area contributed by atoms with Gasteiger partial charge in [-0.3, -0.25) is 19.2 Å². The van der Waals surface area contributed by atoms with Crippen LogP contribution in [0.25, 0.3) is 0 Å². The van der Waals surface area contributed by atoms with Crippen molar-refractivity contribution in [2.75, 3.05) is 23.0 Å². The molecular formula is C52H48O12S8. The molecule has 0 bridgehead atoms. The summed E-state index contributed by atoms with van der Waals surface area (Å²) < 4.78 is 96.3. The first-order valence-electron chi connectivity index (χ1n) is 21.4. The first-order chi connectivity index (χ1) is 34.0. The highest BCUT2D eigenvalue weighted by atomic mass is 32.2. The number of hydrogen-bond acceptors (Lipinski definition) is 16. The Labute approximate surface area is 436 Å². The quantitative estimate of drug-likeness (QED) is 0.0829. The maximum Gasteiger partial charge on any atom is 0.188 e. The Morgan fingerprint density at radius 2 is 0.458 bits per heavy atom. The summed E-state index contributed by atoms with van der Waals surface area (Å²) in [5.41, 5.74) is 3.94. The minimum atomic E-state index is -3.55. The van der Waals surface area contributed by atoms with E-state index in [4.69, 9.17) is 0 Å². The lowest BCUT2D eigenvalue weighted by Gasteiger charge is -2.03. The molecule has 0 spiro atoms. The molecule has 0 aliphatic rings. The van der Waals surface area contributed by atoms with E-state index < -0.39 is 62.4 Å². The van der Waals surface area contributed by atoms with Gasteiger partial charge in [-0.05, 0) is 122 Å². The van der Waals surface area contributed by atoms with Gasteiger partial charge in [0.15, 0.2) is 62.5 Å². The minimum absolute atomic E-state index is 0.193. The maximum absolute atomic E-state index is 12.0. The van der Waals surface area contributed by atoms with E-state index in [1.807, 2.05) is 27.7 Å². The first-order valence-corrected chi connectivity index (χ1v) is 31.5. The molecule has 20 heteroatoms. The number of carbonyl (C=O) groups excluding carboxylic acids is 4. The van der Waals surface area contributed by atoms with Crippen LogP contribution in [0.4, 0.5) is 0 Å². The van der Waals surface area contributed by atoms with Crippen molar-refractivity contribution in [3.63, 3.8) is 0 Å². The molecule has 4 aromatic heterocycles. The van der Waals surface area contributed by atoms with Crippen LogP contribution in [0.5, 0.6) is 0 Å². The number of carbonyl (C=O) groups is 4. The molecule has 8 rings (SSSR count). The molecule has 8 aromatic rings. The molecular weight excluding hydrogens is 1070 g/mol. The molecule has 376 valence electrons. The Morgan fingerprint density at radius 3 is 0.597 bits per heavy atom. The largest absolute Gasteiger partial charge is 0.292 e. The van der Waals surface area contributed by atoms with Gasteiger partial charge in [0.2, 0.25) is 0 Å². The van der Waals surface area contributed by atoms with Crippen LogP contribution in [0, 0.1) is 27.7 Å². The van der Waals surface area contributed by atoms with Crippen molar-refractivity contribution in [3.05, 3.63) is 209 Å². The average Bonchev–Trinajstić information content (AvgIpc) is 4.19. The van der Waals surface area contributed by atoms with Crippen LogP contribution in [0.15, 0.2) is 187 Å². The average molecular weight is 1120 g/mol. The van der Waals surface area contributed by atoms with Gasteiger partial charge in [-0.25, -0.2) is 33.7 Å². The molecule has 0 aliphatic carbocycles. The lowest BCUT2D eigenvalue weighted by Crippen LogP contribution is -2.15. The third kappa shape index (κ3) is 17.2. The van der Waals surface area contributed by atoms with E-state index in [1.54, 1.807) is 119 Å². The number of ketones is 4. The summed E-state index contributed by atoms with van der Waals surface area (Å²) in [6.07, 6.45) is 0. The highest BCUT2D eigenvalue weighted by molar-refractivity contribution is 7.93. The topological polar surface area (TPSA) is 205 Å². The van der Waals surface area contributed by atoms with Crippen molar-refractivity contribution in [1.29, 1.82) is 0 Å². The molecule has 0 N–H and O–H groups in total. The van der Waals surface area contributed by atoms with E-state index in [0.717, 1.165) is 22.3 Å². The highest BCUT2D eigenvalue weighted by Crippen LogP contribution is 2.20. The van der Waals surface area contributed by atoms with E-state index in [0.29, 0.717) is 19.5 Å². The summed E-state index contributed by atoms with van der Waals surface area (Å²) in [4.78, 5) is 49.9. The van der Waals surface area contributed by atoms with E-state index in [9.17, 15) is 52.8 Å². The van der Waals surface area contributed by atoms with Crippen molar-refractivity contribution in [2.45, 2.75) is 47.3 Å². The van der Waals surface area contributed by atoms with Gasteiger partial charge in [0.05, 0.1) is 39.1 Å². The van der Waals surface area contributed by atoms with Crippen LogP contribution in [0.3, 0.4) is 0 Å². The number of benzene rings is 4. The SMILES string of the molecule is Cc1ccc(S(=O)(=O)CC(=O)c2cccs2)cc1.Cc1ccc(S(=O)(=O)CC(=O)c2cccs2)cc1.Cc1ccc(S(=O)(=O)CC(=O)c2cccs2)cc1.Cc1ccc(S(=O)(=O)CC(=O)c2cccs2)cc1. The molecule has 4 heterocycles. The number of hydrogen-bond donors (Lipinski definition) is 0. The molecule has 0 unspecified atom stereocenters. The molecule has 0 saturated carbocycles. The number of Topliss-reactive ketones (excluding diaryl/α,β-unsaturated/α-hetero) is 4. The zero-order valence-corrected chi connectivity index (χ0v) is 45.7. The van der Waals surface area contributed by atoms with Gasteiger partial charge in [0.25, 0.3) is 0 Å². The normalized spacial score (nSPS) is 11.4. The minimum Gasteiger partial charge on any atom is -0.292 e. The second-order valence-electron chi connectivity index (χ2n) is 15.9. The van der Waals surface area contributed by atoms with E-state index in [1.165, 1.54) is 93.9 Å². The summed E-state index contributed by atoms with van der Waals surface area (Å²) in [7, 11) is -14.2. The Morgan fingerprint density at radius 1 is 0.292 bits per heavy atom. The van der Waals surface area contributed by atoms with E-state index in [-0.39, 0.29) is 42.7 Å². The second-order valence-corrected chi connectivity index (χ2v) is 27.6. The standard InChI is InChI=1S/4C13H12O3S2/c4*1-10-4-6-11(7-5-10)18(15,16)9-12(14)13-3-2-8-17-13/h4*2-8H,9H2,1H3. The van der Waals surface area contributed by atoms with Crippen LogP contribution < -0.4 is 0 Å². The van der Waals surface area contributed by atoms with Crippen LogP contribution in [-0.4, -0.2) is 79.8 Å². The van der Waals surface area contributed by atoms with Crippen molar-refractivity contribution in [2.24, 2.45) is 0 Å². The number of sulfone groups is 4. The van der Waals surface area contributed by atoms with Crippen molar-refractivity contribution >= 4 is 108 Å². The molecule has 72 heavy (non-hydrogen) atoms. The molecule has 0 fully saturated rings. The van der Waals surface area contributed by atoms with Gasteiger partial charge in [-0.15, -0.1) is 45.3 Å². The molecule has 0 atom stereocenters. The summed E-state index contributed by atoms with van der Waals surface area (Å²) >= 11 is 5.02. The van der Waals surface area contributed by atoms with Crippen LogP contribution in [-0.2, 0) is 39.3 Å². The van der Waals surface area contributed by atoms with Gasteiger partial charge in [0.1, 0.15) is 23.0 Å². The Balaban J connectivity index is 0.000000178. The second kappa shape index (κ2) is 25.7. The summed E-state index contributed by atoms with van der Waals surface area (Å²) in [6.45, 7) is 7.53. The van der Waals surface area contributed by atoms with Gasteiger partial charge in [-0.1, -0.05) is 95.1 Å². The molecule has 12 nitrogen and oxygen atoms in total. The van der Waals surface area contributed by atoms with Gasteiger partial charge < -0.3 is 0 Å². The third-order valence-corrected chi connectivity index (χ3v) is 20.2. The molecule has 0 radical (unpaired) electrons. The Kier molecular flexibility index (Phi) is 20.4. The predicted octanol–water partition coefficient (Wildman–Crippen LogP) is 10.9. The highest BCUT2D eigenvalue weighted by Gasteiger charge is 2.24. The lowest BCUT2D eigenvalue weighted by atomic mass is 10.2. The fourth-order valence-corrected chi connectivity index (χ4v) is 13.9. The van der Waals surface area contributed by atoms with Crippen LogP contribution >= 0.6 is 45.3 Å². The van der Waals surface area contributed by atoms with E-state index in [2.05, 4.69) is 0 Å². The van der Waals surface area contributed by atoms with Gasteiger partial charge in [-0.2, -0.15) is 0 Å². The lowest BCUT2D eigenvalue weighted by molar-refractivity contribution is 0.101. The predicted molar refractivity (Wildman–Crippen MR) is 288 cm³/mol. The number of rotatable bonds is 16. The van der Waals surface area contributed by atoms with E-state index >= 15 is 0 Å². The number of thiophene rings is 4. The fourth-order valence-electron chi connectivity index (χ4n) is 6.04. The number of aryl methyl sites for hydroxylation is 4. The molecule has 0 amide bonds. The summed E-state index contributed by atoms with van der Waals surface area (Å²) in [5, 5.41) is 7.02. The van der Waals surface area contributed by atoms with Crippen LogP contribution in [0.1, 0.15) is 60.9 Å². The smallest absolute Gasteiger partial charge is 0.188 e. The zero-order valence-electron chi connectivity index (χ0n) is 39.2. The summed E-state index contributed by atoms with van der Waals surface area (Å²) in [6, 6.07) is 39.5. The zero-order chi connectivity index (χ0) is 52.7. The maximum atomic E-state index is 12.0.